The SMILES string of the molecule is COc1ccc(S(=O)(=O)NCCCN2CCOCC2)cc1N1CCN(C(=O)c2cc(C)on2)CC1. The molecule has 2 fully saturated rings. The monoisotopic (exact) mass is 507 g/mol. The van der Waals surface area contributed by atoms with Gasteiger partial charge in [-0.25, -0.2) is 13.1 Å². The van der Waals surface area contributed by atoms with E-state index in [0.29, 0.717) is 55.6 Å². The van der Waals surface area contributed by atoms with Crippen LogP contribution >= 0.6 is 0 Å². The van der Waals surface area contributed by atoms with Crippen molar-refractivity contribution in [1.82, 2.24) is 19.7 Å². The van der Waals surface area contributed by atoms with Crippen LogP contribution in [0, 0.1) is 6.92 Å². The molecule has 12 heteroatoms. The van der Waals surface area contributed by atoms with Crippen molar-refractivity contribution in [3.63, 3.8) is 0 Å². The summed E-state index contributed by atoms with van der Waals surface area (Å²) in [5, 5.41) is 3.81. The summed E-state index contributed by atoms with van der Waals surface area (Å²) in [6.45, 7) is 8.18. The third-order valence-corrected chi connectivity index (χ3v) is 7.72. The number of benzene rings is 1. The smallest absolute Gasteiger partial charge is 0.276 e. The molecule has 0 radical (unpaired) electrons. The maximum Gasteiger partial charge on any atom is 0.276 e. The Labute approximate surface area is 206 Å². The first-order valence-electron chi connectivity index (χ1n) is 11.8. The number of ether oxygens (including phenoxy) is 2. The number of methoxy groups -OCH3 is 1. The zero-order valence-electron chi connectivity index (χ0n) is 20.2. The lowest BCUT2D eigenvalue weighted by atomic mass is 10.2. The highest BCUT2D eigenvalue weighted by molar-refractivity contribution is 7.89. The van der Waals surface area contributed by atoms with Crippen LogP contribution in [0.5, 0.6) is 5.75 Å². The van der Waals surface area contributed by atoms with Crippen molar-refractivity contribution in [3.05, 3.63) is 35.7 Å². The normalized spacial score (nSPS) is 17.5. The molecule has 2 aliphatic heterocycles. The standard InChI is InChI=1S/C23H33N5O6S/c1-18-16-20(25-34-18)23(29)28-10-8-27(9-11-28)21-17-19(4-5-22(21)32-2)35(30,31)24-6-3-7-26-12-14-33-15-13-26/h4-5,16-17,24H,3,6-15H2,1-2H3. The summed E-state index contributed by atoms with van der Waals surface area (Å²) < 4.78 is 44.5. The number of hydrogen-bond donors (Lipinski definition) is 1. The van der Waals surface area contributed by atoms with Crippen molar-refractivity contribution in [2.45, 2.75) is 18.2 Å². The lowest BCUT2D eigenvalue weighted by Crippen LogP contribution is -2.49. The summed E-state index contributed by atoms with van der Waals surface area (Å²) in [7, 11) is -2.11. The van der Waals surface area contributed by atoms with E-state index in [1.807, 2.05) is 4.90 Å². The van der Waals surface area contributed by atoms with Gasteiger partial charge in [0.05, 0.1) is 30.9 Å². The van der Waals surface area contributed by atoms with Crippen LogP contribution < -0.4 is 14.4 Å². The molecular formula is C23H33N5O6S. The summed E-state index contributed by atoms with van der Waals surface area (Å²) in [5.41, 5.74) is 0.981. The van der Waals surface area contributed by atoms with Crippen molar-refractivity contribution < 1.29 is 27.2 Å². The Balaban J connectivity index is 1.36. The Morgan fingerprint density at radius 1 is 1.11 bits per heavy atom. The Kier molecular flexibility index (Phi) is 8.26. The number of aryl methyl sites for hydroxylation is 1. The lowest BCUT2D eigenvalue weighted by molar-refractivity contribution is 0.0376. The summed E-state index contributed by atoms with van der Waals surface area (Å²) in [5.74, 6) is 0.999. The van der Waals surface area contributed by atoms with Crippen LogP contribution in [0.2, 0.25) is 0 Å². The number of nitrogens with one attached hydrogen (secondary N) is 1. The van der Waals surface area contributed by atoms with E-state index >= 15 is 0 Å². The van der Waals surface area contributed by atoms with Crippen molar-refractivity contribution in [1.29, 1.82) is 0 Å². The second-order valence-electron chi connectivity index (χ2n) is 8.64. The van der Waals surface area contributed by atoms with Gasteiger partial charge in [-0.1, -0.05) is 5.16 Å². The average Bonchev–Trinajstić information content (AvgIpc) is 3.32. The predicted octanol–water partition coefficient (Wildman–Crippen LogP) is 0.955. The van der Waals surface area contributed by atoms with Crippen LogP contribution in [0.25, 0.3) is 0 Å². The number of carbonyl (C=O) groups excluding carboxylic acids is 1. The zero-order chi connectivity index (χ0) is 24.8. The van der Waals surface area contributed by atoms with Crippen LogP contribution in [0.1, 0.15) is 22.7 Å². The minimum Gasteiger partial charge on any atom is -0.495 e. The maximum absolute atomic E-state index is 12.9. The second kappa shape index (κ2) is 11.4. The van der Waals surface area contributed by atoms with Crippen molar-refractivity contribution in [2.75, 3.05) is 77.6 Å². The third kappa shape index (κ3) is 6.31. The largest absolute Gasteiger partial charge is 0.495 e. The van der Waals surface area contributed by atoms with Gasteiger partial charge < -0.3 is 23.8 Å². The molecular weight excluding hydrogens is 474 g/mol. The van der Waals surface area contributed by atoms with Gasteiger partial charge >= 0.3 is 0 Å². The Bertz CT molecular complexity index is 1110. The summed E-state index contributed by atoms with van der Waals surface area (Å²) >= 11 is 0. The topological polar surface area (TPSA) is 117 Å². The highest BCUT2D eigenvalue weighted by Gasteiger charge is 2.27. The number of nitrogens with zero attached hydrogens (tertiary/aromatic N) is 4. The van der Waals surface area contributed by atoms with Crippen molar-refractivity contribution >= 4 is 21.6 Å². The minimum atomic E-state index is -3.67. The molecule has 1 amide bonds. The third-order valence-electron chi connectivity index (χ3n) is 6.26. The second-order valence-corrected chi connectivity index (χ2v) is 10.4. The van der Waals surface area contributed by atoms with E-state index in [9.17, 15) is 13.2 Å². The average molecular weight is 508 g/mol. The number of sulfonamides is 1. The number of aromatic nitrogens is 1. The van der Waals surface area contributed by atoms with Gasteiger partial charge in [0, 0.05) is 51.9 Å². The van der Waals surface area contributed by atoms with E-state index in [2.05, 4.69) is 14.8 Å². The number of amides is 1. The van der Waals surface area contributed by atoms with E-state index in [1.54, 1.807) is 43.2 Å². The lowest BCUT2D eigenvalue weighted by Gasteiger charge is -2.36. The zero-order valence-corrected chi connectivity index (χ0v) is 21.1. The number of carbonyl (C=O) groups is 1. The van der Waals surface area contributed by atoms with Crippen LogP contribution in [-0.4, -0.2) is 102 Å². The van der Waals surface area contributed by atoms with Crippen LogP contribution in [0.3, 0.4) is 0 Å². The minimum absolute atomic E-state index is 0.175. The molecule has 3 heterocycles. The molecule has 2 aliphatic rings. The fourth-order valence-electron chi connectivity index (χ4n) is 4.28. The molecule has 0 atom stereocenters. The van der Waals surface area contributed by atoms with Gasteiger partial charge in [0.15, 0.2) is 5.69 Å². The molecule has 0 bridgehead atoms. The predicted molar refractivity (Wildman–Crippen MR) is 129 cm³/mol. The van der Waals surface area contributed by atoms with Gasteiger partial charge in [0.2, 0.25) is 10.0 Å². The number of piperazine rings is 1. The fraction of sp³-hybridized carbons (Fsp3) is 0.565. The quantitative estimate of drug-likeness (QED) is 0.495. The molecule has 0 spiro atoms. The molecule has 2 aromatic rings. The van der Waals surface area contributed by atoms with Gasteiger partial charge in [0.1, 0.15) is 11.5 Å². The first kappa shape index (κ1) is 25.4. The van der Waals surface area contributed by atoms with E-state index in [0.717, 1.165) is 39.3 Å². The van der Waals surface area contributed by atoms with E-state index < -0.39 is 10.0 Å². The van der Waals surface area contributed by atoms with Gasteiger partial charge in [-0.3, -0.25) is 9.69 Å². The van der Waals surface area contributed by atoms with Gasteiger partial charge in [-0.2, -0.15) is 0 Å². The van der Waals surface area contributed by atoms with Crippen LogP contribution in [0.15, 0.2) is 33.7 Å². The molecule has 11 nitrogen and oxygen atoms in total. The van der Waals surface area contributed by atoms with Crippen LogP contribution in [-0.2, 0) is 14.8 Å². The van der Waals surface area contributed by atoms with E-state index in [1.165, 1.54) is 0 Å². The molecule has 1 N–H and O–H groups in total. The molecule has 0 aliphatic carbocycles. The highest BCUT2D eigenvalue weighted by Crippen LogP contribution is 2.32. The summed E-state index contributed by atoms with van der Waals surface area (Å²) in [4.78, 5) is 18.9. The Morgan fingerprint density at radius 3 is 2.51 bits per heavy atom. The molecule has 192 valence electrons. The van der Waals surface area contributed by atoms with Gasteiger partial charge in [0.25, 0.3) is 5.91 Å². The number of morpholine rings is 1. The molecule has 0 unspecified atom stereocenters. The molecule has 4 rings (SSSR count). The molecule has 35 heavy (non-hydrogen) atoms. The maximum atomic E-state index is 12.9. The fourth-order valence-corrected chi connectivity index (χ4v) is 5.37. The van der Waals surface area contributed by atoms with Crippen molar-refractivity contribution in [3.8, 4) is 5.75 Å². The molecule has 1 aromatic carbocycles. The van der Waals surface area contributed by atoms with Gasteiger partial charge in [-0.15, -0.1) is 0 Å². The Hall–Kier alpha value is -2.67. The number of hydrogen-bond acceptors (Lipinski definition) is 9. The first-order valence-corrected chi connectivity index (χ1v) is 13.3. The molecule has 1 aromatic heterocycles. The van der Waals surface area contributed by atoms with E-state index in [4.69, 9.17) is 14.0 Å². The molecule has 2 saturated heterocycles. The summed E-state index contributed by atoms with van der Waals surface area (Å²) in [6, 6.07) is 6.49. The van der Waals surface area contributed by atoms with Crippen molar-refractivity contribution in [2.24, 2.45) is 0 Å². The highest BCUT2D eigenvalue weighted by atomic mass is 32.2. The van der Waals surface area contributed by atoms with Crippen LogP contribution in [0.4, 0.5) is 5.69 Å². The van der Waals surface area contributed by atoms with E-state index in [-0.39, 0.29) is 10.8 Å². The number of anilines is 1. The summed E-state index contributed by atoms with van der Waals surface area (Å²) in [6.07, 6.45) is 0.725. The first-order chi connectivity index (χ1) is 16.9. The van der Waals surface area contributed by atoms with Gasteiger partial charge in [-0.05, 0) is 38.1 Å². The number of rotatable bonds is 9. The Morgan fingerprint density at radius 2 is 1.86 bits per heavy atom. The molecule has 0 saturated carbocycles.